The third kappa shape index (κ3) is 6.36. The van der Waals surface area contributed by atoms with Gasteiger partial charge in [0.05, 0.1) is 11.8 Å². The monoisotopic (exact) mass is 719 g/mol. The van der Waals surface area contributed by atoms with Gasteiger partial charge in [-0.3, -0.25) is 14.4 Å². The zero-order chi connectivity index (χ0) is 38.2. The molecule has 0 aromatic heterocycles. The van der Waals surface area contributed by atoms with Crippen molar-refractivity contribution in [1.82, 2.24) is 5.32 Å². The molecule has 6 nitrogen and oxygen atoms in total. The van der Waals surface area contributed by atoms with Crippen LogP contribution < -0.4 is 5.32 Å². The molecular formula is C45H66FNO5. The largest absolute Gasteiger partial charge is 0.481 e. The molecule has 1 unspecified atom stereocenters. The molecule has 7 heteroatoms. The highest BCUT2D eigenvalue weighted by atomic mass is 19.1. The zero-order valence-corrected chi connectivity index (χ0v) is 33.5. The van der Waals surface area contributed by atoms with Gasteiger partial charge in [0, 0.05) is 23.9 Å². The number of allylic oxidation sites excluding steroid dienone is 1. The van der Waals surface area contributed by atoms with Crippen LogP contribution in [-0.2, 0) is 25.7 Å². The van der Waals surface area contributed by atoms with Crippen LogP contribution in [0.4, 0.5) is 4.39 Å². The minimum atomic E-state index is -1.15. The SMILES string of the molecule is C=C(C)[C@@H]1C[C@@H](CC(=O)NCc2ccc(C)cc2F)C2CC[C@]3(C)[C@H](CC[C@@H]4[C@@]5(C)CC[C@H](OC(=O)CC(C)(C)C(=O)O)C(C)(C)[C@@H]5CC[C@]43C)[C@H]21. The number of benzene rings is 1. The molecule has 6 rings (SSSR count). The second-order valence-electron chi connectivity index (χ2n) is 20.2. The summed E-state index contributed by atoms with van der Waals surface area (Å²) in [5, 5.41) is 12.6. The second-order valence-corrected chi connectivity index (χ2v) is 20.2. The van der Waals surface area contributed by atoms with Crippen LogP contribution in [0, 0.1) is 81.2 Å². The number of halogens is 1. The highest BCUT2D eigenvalue weighted by Gasteiger charge is 2.70. The number of aryl methyl sites for hydroxylation is 1. The molecule has 52 heavy (non-hydrogen) atoms. The summed E-state index contributed by atoms with van der Waals surface area (Å²) < 4.78 is 20.7. The Morgan fingerprint density at radius 2 is 1.67 bits per heavy atom. The molecule has 1 amide bonds. The van der Waals surface area contributed by atoms with E-state index in [0.717, 1.165) is 44.1 Å². The van der Waals surface area contributed by atoms with Crippen molar-refractivity contribution < 1.29 is 28.6 Å². The standard InChI is InChI=1S/C45H66FNO5/c1-26(2)31-22-29(23-37(48)47-25-28-12-11-27(3)21-33(28)46)30-15-19-44(9)32(39(30)31)13-14-35-43(8)18-17-36(52-38(49)24-41(4,5)40(50)51)42(6,7)34(43)16-20-45(35,44)10/h11-12,21,29-32,34-36,39H,1,13-20,22-25H2,2-10H3,(H,47,48)(H,50,51)/t29-,30?,31-,32+,34-,35+,36-,39+,43-,44+,45+/m0/s1. The number of amides is 1. The van der Waals surface area contributed by atoms with E-state index in [0.29, 0.717) is 53.4 Å². The molecule has 0 bridgehead atoms. The van der Waals surface area contributed by atoms with E-state index >= 15 is 0 Å². The summed E-state index contributed by atoms with van der Waals surface area (Å²) in [5.41, 5.74) is 1.81. The van der Waals surface area contributed by atoms with Crippen LogP contribution in [0.25, 0.3) is 0 Å². The van der Waals surface area contributed by atoms with Gasteiger partial charge in [0.2, 0.25) is 5.91 Å². The predicted molar refractivity (Wildman–Crippen MR) is 202 cm³/mol. The van der Waals surface area contributed by atoms with Crippen molar-refractivity contribution in [2.75, 3.05) is 0 Å². The first kappa shape index (κ1) is 39.0. The van der Waals surface area contributed by atoms with Crippen LogP contribution in [-0.4, -0.2) is 29.1 Å². The number of nitrogens with one attached hydrogen (secondary N) is 1. The van der Waals surface area contributed by atoms with Gasteiger partial charge in [-0.25, -0.2) is 4.39 Å². The molecule has 0 spiro atoms. The molecule has 5 aliphatic carbocycles. The highest BCUT2D eigenvalue weighted by Crippen LogP contribution is 2.76. The van der Waals surface area contributed by atoms with E-state index in [9.17, 15) is 23.9 Å². The number of ether oxygens (including phenoxy) is 1. The molecule has 0 saturated heterocycles. The molecule has 0 heterocycles. The Bertz CT molecular complexity index is 1600. The molecule has 5 aliphatic rings. The lowest BCUT2D eigenvalue weighted by Crippen LogP contribution is -2.66. The molecule has 1 aromatic rings. The minimum Gasteiger partial charge on any atom is -0.481 e. The molecule has 1 aromatic carbocycles. The van der Waals surface area contributed by atoms with E-state index in [-0.39, 0.29) is 52.5 Å². The van der Waals surface area contributed by atoms with Gasteiger partial charge in [0.15, 0.2) is 0 Å². The first-order valence-corrected chi connectivity index (χ1v) is 20.3. The van der Waals surface area contributed by atoms with E-state index in [2.05, 4.69) is 53.4 Å². The number of esters is 1. The van der Waals surface area contributed by atoms with Crippen molar-refractivity contribution in [3.8, 4) is 0 Å². The number of carbonyl (C=O) groups excluding carboxylic acids is 2. The summed E-state index contributed by atoms with van der Waals surface area (Å²) >= 11 is 0. The maximum absolute atomic E-state index is 14.5. The Morgan fingerprint density at radius 1 is 0.981 bits per heavy atom. The number of hydrogen-bond acceptors (Lipinski definition) is 4. The first-order chi connectivity index (χ1) is 24.2. The van der Waals surface area contributed by atoms with Gasteiger partial charge in [0.1, 0.15) is 11.9 Å². The smallest absolute Gasteiger partial charge is 0.309 e. The van der Waals surface area contributed by atoms with E-state index in [1.807, 2.05) is 13.0 Å². The molecule has 2 N–H and O–H groups in total. The van der Waals surface area contributed by atoms with Crippen molar-refractivity contribution in [3.63, 3.8) is 0 Å². The van der Waals surface area contributed by atoms with Gasteiger partial charge in [-0.1, -0.05) is 58.9 Å². The zero-order valence-electron chi connectivity index (χ0n) is 33.5. The topological polar surface area (TPSA) is 92.7 Å². The van der Waals surface area contributed by atoms with Crippen molar-refractivity contribution in [3.05, 3.63) is 47.3 Å². The number of fused-ring (bicyclic) bond motifs is 7. The number of carboxylic acid groups (broad SMARTS) is 1. The molecule has 5 fully saturated rings. The Kier molecular flexibility index (Phi) is 10.2. The second kappa shape index (κ2) is 13.6. The summed E-state index contributed by atoms with van der Waals surface area (Å²) in [7, 11) is 0. The molecule has 288 valence electrons. The lowest BCUT2D eigenvalue weighted by atomic mass is 9.33. The average molecular weight is 720 g/mol. The predicted octanol–water partition coefficient (Wildman–Crippen LogP) is 10.1. The van der Waals surface area contributed by atoms with Gasteiger partial charge in [-0.2, -0.15) is 0 Å². The Morgan fingerprint density at radius 3 is 2.33 bits per heavy atom. The minimum absolute atomic E-state index is 0.0239. The summed E-state index contributed by atoms with van der Waals surface area (Å²) in [4.78, 5) is 38.2. The molecule has 11 atom stereocenters. The third-order valence-electron chi connectivity index (χ3n) is 16.7. The van der Waals surface area contributed by atoms with Crippen LogP contribution in [0.15, 0.2) is 30.4 Å². The van der Waals surface area contributed by atoms with Crippen molar-refractivity contribution in [1.29, 1.82) is 0 Å². The van der Waals surface area contributed by atoms with Crippen LogP contribution >= 0.6 is 0 Å². The summed E-state index contributed by atoms with van der Waals surface area (Å²) in [6.07, 6.45) is 10.0. The summed E-state index contributed by atoms with van der Waals surface area (Å²) in [5.74, 6) is 1.73. The Balaban J connectivity index is 1.18. The normalized spacial score (nSPS) is 39.3. The summed E-state index contributed by atoms with van der Waals surface area (Å²) in [6, 6.07) is 5.19. The highest BCUT2D eigenvalue weighted by molar-refractivity contribution is 5.81. The number of carboxylic acids is 1. The fourth-order valence-corrected chi connectivity index (χ4v) is 13.7. The van der Waals surface area contributed by atoms with Gasteiger partial charge >= 0.3 is 11.9 Å². The van der Waals surface area contributed by atoms with Gasteiger partial charge in [-0.15, -0.1) is 0 Å². The fraction of sp³-hybridized carbons (Fsp3) is 0.756. The lowest BCUT2D eigenvalue weighted by molar-refractivity contribution is -0.245. The molecule has 0 radical (unpaired) electrons. The van der Waals surface area contributed by atoms with Crippen LogP contribution in [0.2, 0.25) is 0 Å². The summed E-state index contributed by atoms with van der Waals surface area (Å²) in [6.45, 7) is 24.4. The van der Waals surface area contributed by atoms with Gasteiger partial charge < -0.3 is 15.2 Å². The quantitative estimate of drug-likeness (QED) is 0.196. The van der Waals surface area contributed by atoms with Crippen LogP contribution in [0.1, 0.15) is 137 Å². The number of carbonyl (C=O) groups is 3. The number of aliphatic carboxylic acids is 1. The number of hydrogen-bond donors (Lipinski definition) is 2. The van der Waals surface area contributed by atoms with E-state index < -0.39 is 17.4 Å². The van der Waals surface area contributed by atoms with E-state index in [4.69, 9.17) is 4.74 Å². The Labute approximate surface area is 312 Å². The molecule has 5 saturated carbocycles. The van der Waals surface area contributed by atoms with Crippen molar-refractivity contribution in [2.45, 2.75) is 146 Å². The molecule has 0 aliphatic heterocycles. The van der Waals surface area contributed by atoms with E-state index in [1.54, 1.807) is 19.9 Å². The maximum atomic E-state index is 14.5. The van der Waals surface area contributed by atoms with Crippen molar-refractivity contribution in [2.24, 2.45) is 68.5 Å². The van der Waals surface area contributed by atoms with E-state index in [1.165, 1.54) is 30.9 Å². The Hall–Kier alpha value is -2.70. The maximum Gasteiger partial charge on any atom is 0.309 e. The average Bonchev–Trinajstić information content (AvgIpc) is 3.40. The molecular weight excluding hydrogens is 653 g/mol. The first-order valence-electron chi connectivity index (χ1n) is 20.3. The van der Waals surface area contributed by atoms with Gasteiger partial charge in [0.25, 0.3) is 0 Å². The van der Waals surface area contributed by atoms with Crippen LogP contribution in [0.5, 0.6) is 0 Å². The van der Waals surface area contributed by atoms with Crippen molar-refractivity contribution >= 4 is 17.8 Å². The van der Waals surface area contributed by atoms with Crippen LogP contribution in [0.3, 0.4) is 0 Å². The third-order valence-corrected chi connectivity index (χ3v) is 16.7. The number of rotatable bonds is 9. The van der Waals surface area contributed by atoms with Gasteiger partial charge in [-0.05, 0) is 155 Å². The fourth-order valence-electron chi connectivity index (χ4n) is 13.7. The lowest BCUT2D eigenvalue weighted by Gasteiger charge is -2.72.